The van der Waals surface area contributed by atoms with E-state index in [1.807, 2.05) is 31.2 Å². The van der Waals surface area contributed by atoms with Crippen molar-refractivity contribution in [2.45, 2.75) is 13.3 Å². The molecule has 1 N–H and O–H groups in total. The number of hydrogen-bond acceptors (Lipinski definition) is 2. The quantitative estimate of drug-likeness (QED) is 0.818. The van der Waals surface area contributed by atoms with Gasteiger partial charge in [-0.15, -0.1) is 0 Å². The molecule has 0 saturated carbocycles. The van der Waals surface area contributed by atoms with E-state index in [2.05, 4.69) is 15.9 Å². The zero-order valence-corrected chi connectivity index (χ0v) is 12.3. The molecule has 0 spiro atoms. The second kappa shape index (κ2) is 7.74. The van der Waals surface area contributed by atoms with Gasteiger partial charge in [0.1, 0.15) is 0 Å². The van der Waals surface area contributed by atoms with E-state index < -0.39 is 5.97 Å². The van der Waals surface area contributed by atoms with Crippen molar-refractivity contribution in [3.8, 4) is 0 Å². The summed E-state index contributed by atoms with van der Waals surface area (Å²) in [6.45, 7) is 2.55. The Kier molecular flexibility index (Phi) is 6.29. The van der Waals surface area contributed by atoms with Crippen LogP contribution in [0.15, 0.2) is 34.8 Å². The lowest BCUT2D eigenvalue weighted by atomic mass is 10.2. The predicted molar refractivity (Wildman–Crippen MR) is 77.7 cm³/mol. The van der Waals surface area contributed by atoms with Gasteiger partial charge in [-0.2, -0.15) is 0 Å². The number of aliphatic carboxylic acids is 1. The van der Waals surface area contributed by atoms with Gasteiger partial charge in [0.15, 0.2) is 0 Å². The van der Waals surface area contributed by atoms with Crippen LogP contribution in [0, 0.1) is 0 Å². The molecule has 0 aliphatic heterocycles. The fourth-order valence-electron chi connectivity index (χ4n) is 1.50. The highest BCUT2D eigenvalue weighted by Gasteiger charge is 2.09. The molecule has 4 nitrogen and oxygen atoms in total. The summed E-state index contributed by atoms with van der Waals surface area (Å²) in [5.74, 6) is -1.07. The highest BCUT2D eigenvalue weighted by molar-refractivity contribution is 9.10. The van der Waals surface area contributed by atoms with Gasteiger partial charge in [-0.25, -0.2) is 0 Å². The van der Waals surface area contributed by atoms with Crippen molar-refractivity contribution in [1.29, 1.82) is 0 Å². The Labute approximate surface area is 120 Å². The van der Waals surface area contributed by atoms with Crippen molar-refractivity contribution in [3.63, 3.8) is 0 Å². The third-order valence-corrected chi connectivity index (χ3v) is 3.11. The smallest absolute Gasteiger partial charge is 0.305 e. The summed E-state index contributed by atoms with van der Waals surface area (Å²) in [5.41, 5.74) is 0.922. The van der Waals surface area contributed by atoms with E-state index in [0.29, 0.717) is 6.54 Å². The summed E-state index contributed by atoms with van der Waals surface area (Å²) < 4.78 is 0.979. The third kappa shape index (κ3) is 5.70. The molecule has 1 rings (SSSR count). The third-order valence-electron chi connectivity index (χ3n) is 2.58. The highest BCUT2D eigenvalue weighted by atomic mass is 79.9. The molecule has 1 aromatic rings. The Hall–Kier alpha value is -1.62. The highest BCUT2D eigenvalue weighted by Crippen LogP contribution is 2.11. The summed E-state index contributed by atoms with van der Waals surface area (Å²) in [5, 5.41) is 8.61. The van der Waals surface area contributed by atoms with Crippen molar-refractivity contribution in [3.05, 3.63) is 40.4 Å². The lowest BCUT2D eigenvalue weighted by Gasteiger charge is -2.17. The summed E-state index contributed by atoms with van der Waals surface area (Å²) in [7, 11) is 0. The van der Waals surface area contributed by atoms with E-state index in [4.69, 9.17) is 5.11 Å². The van der Waals surface area contributed by atoms with Crippen molar-refractivity contribution >= 4 is 33.9 Å². The number of likely N-dealkylation sites (N-methyl/N-ethyl adjacent to an activating group) is 1. The van der Waals surface area contributed by atoms with Crippen LogP contribution in [0.25, 0.3) is 6.08 Å². The summed E-state index contributed by atoms with van der Waals surface area (Å²) >= 11 is 3.34. The molecule has 102 valence electrons. The summed E-state index contributed by atoms with van der Waals surface area (Å²) in [6.07, 6.45) is 3.15. The van der Waals surface area contributed by atoms with Crippen LogP contribution in [0.4, 0.5) is 0 Å². The molecule has 5 heteroatoms. The van der Waals surface area contributed by atoms with Crippen molar-refractivity contribution < 1.29 is 14.7 Å². The monoisotopic (exact) mass is 325 g/mol. The fourth-order valence-corrected chi connectivity index (χ4v) is 1.77. The van der Waals surface area contributed by atoms with Crippen LogP contribution in [0.3, 0.4) is 0 Å². The van der Waals surface area contributed by atoms with E-state index in [0.717, 1.165) is 10.0 Å². The number of benzene rings is 1. The minimum absolute atomic E-state index is 0.0360. The average Bonchev–Trinajstić information content (AvgIpc) is 2.38. The number of rotatable bonds is 6. The largest absolute Gasteiger partial charge is 0.481 e. The first-order valence-electron chi connectivity index (χ1n) is 5.97. The van der Waals surface area contributed by atoms with Crippen molar-refractivity contribution in [1.82, 2.24) is 4.90 Å². The Morgan fingerprint density at radius 1 is 1.32 bits per heavy atom. The lowest BCUT2D eigenvalue weighted by Crippen LogP contribution is -2.31. The van der Waals surface area contributed by atoms with Crippen LogP contribution in [0.5, 0.6) is 0 Å². The van der Waals surface area contributed by atoms with Crippen LogP contribution >= 0.6 is 15.9 Å². The van der Waals surface area contributed by atoms with E-state index in [1.54, 1.807) is 6.08 Å². The molecule has 0 bridgehead atoms. The van der Waals surface area contributed by atoms with Crippen LogP contribution in [-0.2, 0) is 9.59 Å². The zero-order valence-electron chi connectivity index (χ0n) is 10.7. The predicted octanol–water partition coefficient (Wildman–Crippen LogP) is 2.79. The number of carbonyl (C=O) groups excluding carboxylic acids is 1. The number of amides is 1. The minimum atomic E-state index is -0.900. The van der Waals surface area contributed by atoms with Crippen molar-refractivity contribution in [2.24, 2.45) is 0 Å². The van der Waals surface area contributed by atoms with Crippen LogP contribution in [0.2, 0.25) is 0 Å². The van der Waals surface area contributed by atoms with Crippen LogP contribution in [0.1, 0.15) is 18.9 Å². The molecule has 0 unspecified atom stereocenters. The van der Waals surface area contributed by atoms with E-state index >= 15 is 0 Å². The Morgan fingerprint density at radius 3 is 2.47 bits per heavy atom. The van der Waals surface area contributed by atoms with Crippen LogP contribution < -0.4 is 0 Å². The normalized spacial score (nSPS) is 10.6. The fraction of sp³-hybridized carbons (Fsp3) is 0.286. The molecule has 0 saturated heterocycles. The first kappa shape index (κ1) is 15.4. The molecular formula is C14H16BrNO3. The average molecular weight is 326 g/mol. The number of nitrogens with zero attached hydrogens (tertiary/aromatic N) is 1. The van der Waals surface area contributed by atoms with E-state index in [1.165, 1.54) is 11.0 Å². The molecule has 0 atom stereocenters. The maximum absolute atomic E-state index is 11.9. The Morgan fingerprint density at radius 2 is 1.95 bits per heavy atom. The first-order chi connectivity index (χ1) is 9.02. The van der Waals surface area contributed by atoms with E-state index in [-0.39, 0.29) is 18.9 Å². The molecule has 1 aromatic carbocycles. The molecule has 0 heterocycles. The maximum Gasteiger partial charge on any atom is 0.305 e. The van der Waals surface area contributed by atoms with E-state index in [9.17, 15) is 9.59 Å². The molecule has 0 aliphatic carbocycles. The topological polar surface area (TPSA) is 57.6 Å². The van der Waals surface area contributed by atoms with Gasteiger partial charge < -0.3 is 10.0 Å². The second-order valence-electron chi connectivity index (χ2n) is 3.95. The maximum atomic E-state index is 11.9. The van der Waals surface area contributed by atoms with Crippen LogP contribution in [-0.4, -0.2) is 35.0 Å². The SMILES string of the molecule is CCN(CCC(=O)O)C(=O)/C=C/c1ccc(Br)cc1. The van der Waals surface area contributed by atoms with Gasteiger partial charge in [0.25, 0.3) is 0 Å². The lowest BCUT2D eigenvalue weighted by molar-refractivity contribution is -0.137. The number of hydrogen-bond donors (Lipinski definition) is 1. The van der Waals surface area contributed by atoms with Gasteiger partial charge in [-0.05, 0) is 30.7 Å². The Bertz CT molecular complexity index is 468. The van der Waals surface area contributed by atoms with Gasteiger partial charge in [0.2, 0.25) is 5.91 Å². The minimum Gasteiger partial charge on any atom is -0.481 e. The Balaban J connectivity index is 2.60. The van der Waals surface area contributed by atoms with Gasteiger partial charge >= 0.3 is 5.97 Å². The first-order valence-corrected chi connectivity index (χ1v) is 6.76. The number of carboxylic acid groups (broad SMARTS) is 1. The number of carbonyl (C=O) groups is 2. The van der Waals surface area contributed by atoms with Gasteiger partial charge in [0, 0.05) is 23.6 Å². The standard InChI is InChI=1S/C14H16BrNO3/c1-2-16(10-9-14(18)19)13(17)8-5-11-3-6-12(15)7-4-11/h3-8H,2,9-10H2,1H3,(H,18,19)/b8-5+. The zero-order chi connectivity index (χ0) is 14.3. The molecule has 1 amide bonds. The number of carboxylic acids is 1. The molecular weight excluding hydrogens is 310 g/mol. The molecule has 0 aromatic heterocycles. The van der Waals surface area contributed by atoms with Gasteiger partial charge in [-0.1, -0.05) is 28.1 Å². The molecule has 0 fully saturated rings. The molecule has 0 aliphatic rings. The summed E-state index contributed by atoms with van der Waals surface area (Å²) in [4.78, 5) is 23.9. The van der Waals surface area contributed by atoms with Crippen molar-refractivity contribution in [2.75, 3.05) is 13.1 Å². The molecule has 19 heavy (non-hydrogen) atoms. The number of halogens is 1. The molecule has 0 radical (unpaired) electrons. The van der Waals surface area contributed by atoms with Gasteiger partial charge in [-0.3, -0.25) is 9.59 Å². The summed E-state index contributed by atoms with van der Waals surface area (Å²) in [6, 6.07) is 7.57. The van der Waals surface area contributed by atoms with Gasteiger partial charge in [0.05, 0.1) is 6.42 Å². The second-order valence-corrected chi connectivity index (χ2v) is 4.86.